The first kappa shape index (κ1) is 15.5. The zero-order valence-electron chi connectivity index (χ0n) is 10.7. The van der Waals surface area contributed by atoms with Crippen LogP contribution in [0, 0.1) is 0 Å². The van der Waals surface area contributed by atoms with Crippen LogP contribution in [0.3, 0.4) is 0 Å². The van der Waals surface area contributed by atoms with Crippen LogP contribution in [0.4, 0.5) is 8.78 Å². The van der Waals surface area contributed by atoms with Crippen molar-refractivity contribution in [3.63, 3.8) is 0 Å². The summed E-state index contributed by atoms with van der Waals surface area (Å²) in [6, 6.07) is 6.67. The molecule has 0 heterocycles. The van der Waals surface area contributed by atoms with Crippen molar-refractivity contribution < 1.29 is 23.4 Å². The molecular formula is C13H17F2NO3. The third-order valence-electron chi connectivity index (χ3n) is 2.63. The molecule has 0 aliphatic carbocycles. The third-order valence-corrected chi connectivity index (χ3v) is 2.63. The number of benzene rings is 1. The predicted octanol–water partition coefficient (Wildman–Crippen LogP) is 1.53. The normalized spacial score (nSPS) is 11.1. The minimum atomic E-state index is -2.49. The Morgan fingerprint density at radius 1 is 1.42 bits per heavy atom. The van der Waals surface area contributed by atoms with Gasteiger partial charge in [-0.3, -0.25) is 4.90 Å². The highest BCUT2D eigenvalue weighted by atomic mass is 19.3. The van der Waals surface area contributed by atoms with Crippen LogP contribution in [-0.4, -0.2) is 49.2 Å². The number of esters is 1. The molecule has 4 nitrogen and oxygen atoms in total. The topological polar surface area (TPSA) is 49.8 Å². The molecule has 0 spiro atoms. The lowest BCUT2D eigenvalue weighted by Gasteiger charge is -2.21. The number of nitrogens with zero attached hydrogens (tertiary/aromatic N) is 1. The van der Waals surface area contributed by atoms with E-state index in [1.54, 1.807) is 24.3 Å². The Bertz CT molecular complexity index is 413. The van der Waals surface area contributed by atoms with Crippen molar-refractivity contribution in [2.24, 2.45) is 0 Å². The van der Waals surface area contributed by atoms with Crippen molar-refractivity contribution in [1.82, 2.24) is 4.90 Å². The highest BCUT2D eigenvalue weighted by Gasteiger charge is 2.16. The lowest BCUT2D eigenvalue weighted by atomic mass is 10.1. The zero-order chi connectivity index (χ0) is 14.3. The second-order valence-corrected chi connectivity index (χ2v) is 4.00. The average Bonchev–Trinajstić information content (AvgIpc) is 2.38. The fraction of sp³-hybridized carbons (Fsp3) is 0.462. The smallest absolute Gasteiger partial charge is 0.338 e. The van der Waals surface area contributed by atoms with Gasteiger partial charge in [-0.05, 0) is 11.6 Å². The number of ether oxygens (including phenoxy) is 1. The van der Waals surface area contributed by atoms with E-state index in [1.807, 2.05) is 0 Å². The van der Waals surface area contributed by atoms with E-state index in [4.69, 9.17) is 5.11 Å². The summed E-state index contributed by atoms with van der Waals surface area (Å²) in [5.74, 6) is -0.503. The standard InChI is InChI=1S/C13H17F2NO3/c1-19-13(18)11-5-3-2-4-10(11)8-16(6-7-17)9-12(14)15/h2-5,12,17H,6-9H2,1H3. The van der Waals surface area contributed by atoms with Gasteiger partial charge in [0.2, 0.25) is 0 Å². The minimum Gasteiger partial charge on any atom is -0.465 e. The molecule has 0 aliphatic heterocycles. The Kier molecular flexibility index (Phi) is 6.38. The monoisotopic (exact) mass is 273 g/mol. The third kappa shape index (κ3) is 4.92. The van der Waals surface area contributed by atoms with Crippen molar-refractivity contribution in [3.05, 3.63) is 35.4 Å². The molecule has 1 N–H and O–H groups in total. The average molecular weight is 273 g/mol. The summed E-state index contributed by atoms with van der Waals surface area (Å²) in [4.78, 5) is 13.0. The number of hydrogen-bond donors (Lipinski definition) is 1. The number of halogens is 2. The maximum atomic E-state index is 12.4. The summed E-state index contributed by atoms with van der Waals surface area (Å²) in [7, 11) is 1.27. The van der Waals surface area contributed by atoms with E-state index < -0.39 is 18.9 Å². The molecule has 0 saturated carbocycles. The van der Waals surface area contributed by atoms with Gasteiger partial charge in [0.05, 0.1) is 25.8 Å². The van der Waals surface area contributed by atoms with Crippen LogP contribution < -0.4 is 0 Å². The molecule has 0 fully saturated rings. The van der Waals surface area contributed by atoms with Gasteiger partial charge in [-0.25, -0.2) is 13.6 Å². The second kappa shape index (κ2) is 7.81. The molecule has 1 aromatic carbocycles. The zero-order valence-corrected chi connectivity index (χ0v) is 10.7. The van der Waals surface area contributed by atoms with Crippen molar-refractivity contribution >= 4 is 5.97 Å². The first-order valence-electron chi connectivity index (χ1n) is 5.86. The van der Waals surface area contributed by atoms with Gasteiger partial charge in [-0.1, -0.05) is 18.2 Å². The highest BCUT2D eigenvalue weighted by Crippen LogP contribution is 2.13. The number of rotatable bonds is 7. The second-order valence-electron chi connectivity index (χ2n) is 4.00. The van der Waals surface area contributed by atoms with E-state index in [0.29, 0.717) is 11.1 Å². The summed E-state index contributed by atoms with van der Waals surface area (Å²) in [5.41, 5.74) is 0.950. The van der Waals surface area contributed by atoms with E-state index >= 15 is 0 Å². The van der Waals surface area contributed by atoms with Crippen LogP contribution in [0.15, 0.2) is 24.3 Å². The molecule has 1 rings (SSSR count). The molecule has 19 heavy (non-hydrogen) atoms. The molecule has 0 atom stereocenters. The van der Waals surface area contributed by atoms with Gasteiger partial charge in [0.1, 0.15) is 0 Å². The van der Waals surface area contributed by atoms with Gasteiger partial charge < -0.3 is 9.84 Å². The van der Waals surface area contributed by atoms with Crippen LogP contribution in [0.25, 0.3) is 0 Å². The number of aliphatic hydroxyl groups excluding tert-OH is 1. The Hall–Kier alpha value is -1.53. The summed E-state index contributed by atoms with van der Waals surface area (Å²) >= 11 is 0. The van der Waals surface area contributed by atoms with Crippen LogP contribution in [0.2, 0.25) is 0 Å². The van der Waals surface area contributed by atoms with Gasteiger partial charge in [0.15, 0.2) is 0 Å². The van der Waals surface area contributed by atoms with Crippen molar-refractivity contribution in [3.8, 4) is 0 Å². The number of alkyl halides is 2. The lowest BCUT2D eigenvalue weighted by molar-refractivity contribution is 0.0594. The molecule has 106 valence electrons. The van der Waals surface area contributed by atoms with E-state index in [-0.39, 0.29) is 19.7 Å². The van der Waals surface area contributed by atoms with Crippen LogP contribution in [-0.2, 0) is 11.3 Å². The van der Waals surface area contributed by atoms with Crippen molar-refractivity contribution in [2.75, 3.05) is 26.8 Å². The first-order chi connectivity index (χ1) is 9.08. The lowest BCUT2D eigenvalue weighted by Crippen LogP contribution is -2.31. The van der Waals surface area contributed by atoms with Gasteiger partial charge in [-0.2, -0.15) is 0 Å². The molecule has 0 aliphatic rings. The Balaban J connectivity index is 2.86. The molecule has 0 unspecified atom stereocenters. The maximum Gasteiger partial charge on any atom is 0.338 e. The quantitative estimate of drug-likeness (QED) is 0.765. The summed E-state index contributed by atoms with van der Waals surface area (Å²) in [6.45, 7) is -0.376. The maximum absolute atomic E-state index is 12.4. The van der Waals surface area contributed by atoms with Gasteiger partial charge in [0, 0.05) is 13.1 Å². The Morgan fingerprint density at radius 3 is 2.68 bits per heavy atom. The molecule has 0 aromatic heterocycles. The largest absolute Gasteiger partial charge is 0.465 e. The van der Waals surface area contributed by atoms with Gasteiger partial charge in [-0.15, -0.1) is 0 Å². The highest BCUT2D eigenvalue weighted by molar-refractivity contribution is 5.90. The van der Waals surface area contributed by atoms with Crippen molar-refractivity contribution in [1.29, 1.82) is 0 Å². The summed E-state index contributed by atoms with van der Waals surface area (Å²) in [6.07, 6.45) is -2.49. The number of methoxy groups -OCH3 is 1. The van der Waals surface area contributed by atoms with Gasteiger partial charge >= 0.3 is 5.97 Å². The predicted molar refractivity (Wildman–Crippen MR) is 66.1 cm³/mol. The summed E-state index contributed by atoms with van der Waals surface area (Å²) in [5, 5.41) is 8.87. The molecule has 6 heteroatoms. The number of carbonyl (C=O) groups is 1. The van der Waals surface area contributed by atoms with E-state index in [2.05, 4.69) is 4.74 Å². The van der Waals surface area contributed by atoms with Gasteiger partial charge in [0.25, 0.3) is 6.43 Å². The molecule has 1 aromatic rings. The molecule has 0 amide bonds. The van der Waals surface area contributed by atoms with Crippen LogP contribution >= 0.6 is 0 Å². The first-order valence-corrected chi connectivity index (χ1v) is 5.86. The molecule has 0 bridgehead atoms. The van der Waals surface area contributed by atoms with Crippen LogP contribution in [0.1, 0.15) is 15.9 Å². The van der Waals surface area contributed by atoms with Crippen molar-refractivity contribution in [2.45, 2.75) is 13.0 Å². The number of aliphatic hydroxyl groups is 1. The molecule has 0 saturated heterocycles. The molecular weight excluding hydrogens is 256 g/mol. The SMILES string of the molecule is COC(=O)c1ccccc1CN(CCO)CC(F)F. The van der Waals surface area contributed by atoms with E-state index in [0.717, 1.165) is 0 Å². The van der Waals surface area contributed by atoms with E-state index in [9.17, 15) is 13.6 Å². The fourth-order valence-electron chi connectivity index (χ4n) is 1.78. The van der Waals surface area contributed by atoms with E-state index in [1.165, 1.54) is 12.0 Å². The summed E-state index contributed by atoms with van der Waals surface area (Å²) < 4.78 is 29.5. The number of carbonyl (C=O) groups excluding carboxylic acids is 1. The fourth-order valence-corrected chi connectivity index (χ4v) is 1.78. The molecule has 0 radical (unpaired) electrons. The Labute approximate surface area is 110 Å². The Morgan fingerprint density at radius 2 is 2.11 bits per heavy atom. The minimum absolute atomic E-state index is 0.125. The number of hydrogen-bond acceptors (Lipinski definition) is 4. The van der Waals surface area contributed by atoms with Crippen LogP contribution in [0.5, 0.6) is 0 Å².